The van der Waals surface area contributed by atoms with Crippen LogP contribution in [0, 0.1) is 5.92 Å². The van der Waals surface area contributed by atoms with E-state index >= 15 is 0 Å². The first kappa shape index (κ1) is 19.8. The molecule has 1 aromatic rings. The molecule has 0 amide bonds. The molecule has 0 atom stereocenters. The van der Waals surface area contributed by atoms with E-state index in [1.807, 2.05) is 13.8 Å². The van der Waals surface area contributed by atoms with Crippen LogP contribution in [0.5, 0.6) is 11.5 Å². The number of carbonyl (C=O) groups is 2. The topological polar surface area (TPSA) is 71.1 Å². The molecule has 24 heavy (non-hydrogen) atoms. The molecule has 0 aliphatic heterocycles. The van der Waals surface area contributed by atoms with E-state index in [1.54, 1.807) is 32.0 Å². The van der Waals surface area contributed by atoms with Crippen LogP contribution in [0.3, 0.4) is 0 Å². The molecular formula is C18H26O6. The number of hydrogen-bond acceptors (Lipinski definition) is 6. The third-order valence-corrected chi connectivity index (χ3v) is 3.21. The first-order chi connectivity index (χ1) is 11.6. The Bertz CT molecular complexity index is 522. The number of esters is 2. The van der Waals surface area contributed by atoms with E-state index in [2.05, 4.69) is 0 Å². The molecule has 0 heterocycles. The number of benzene rings is 1. The molecule has 0 radical (unpaired) electrons. The molecule has 0 N–H and O–H groups in total. The van der Waals surface area contributed by atoms with E-state index in [4.69, 9.17) is 18.9 Å². The summed E-state index contributed by atoms with van der Waals surface area (Å²) in [6, 6.07) is 5.35. The van der Waals surface area contributed by atoms with Crippen molar-refractivity contribution in [1.82, 2.24) is 0 Å². The maximum Gasteiger partial charge on any atom is 0.320 e. The summed E-state index contributed by atoms with van der Waals surface area (Å²) in [5.74, 6) is -0.955. The lowest BCUT2D eigenvalue weighted by atomic mass is 9.98. The van der Waals surface area contributed by atoms with Gasteiger partial charge in [0.2, 0.25) is 0 Å². The molecule has 0 bridgehead atoms. The minimum absolute atomic E-state index is 0.133. The van der Waals surface area contributed by atoms with Gasteiger partial charge in [-0.15, -0.1) is 0 Å². The van der Waals surface area contributed by atoms with E-state index < -0.39 is 17.9 Å². The van der Waals surface area contributed by atoms with Crippen LogP contribution in [0.25, 0.3) is 0 Å². The Hall–Kier alpha value is -2.24. The van der Waals surface area contributed by atoms with E-state index in [0.29, 0.717) is 30.3 Å². The second kappa shape index (κ2) is 10.5. The Morgan fingerprint density at radius 1 is 0.875 bits per heavy atom. The SMILES string of the molecule is CCOC(=O)C(Cc1cc(OCC)ccc1OCC)C(=O)OCC. The summed E-state index contributed by atoms with van der Waals surface area (Å²) in [4.78, 5) is 24.3. The fourth-order valence-electron chi connectivity index (χ4n) is 2.24. The van der Waals surface area contributed by atoms with E-state index in [1.165, 1.54) is 0 Å². The molecule has 1 aromatic carbocycles. The van der Waals surface area contributed by atoms with Gasteiger partial charge in [-0.1, -0.05) is 0 Å². The Balaban J connectivity index is 3.11. The fraction of sp³-hybridized carbons (Fsp3) is 0.556. The molecule has 0 saturated heterocycles. The molecular weight excluding hydrogens is 312 g/mol. The van der Waals surface area contributed by atoms with Crippen molar-refractivity contribution in [1.29, 1.82) is 0 Å². The number of hydrogen-bond donors (Lipinski definition) is 0. The van der Waals surface area contributed by atoms with Crippen LogP contribution in [0.15, 0.2) is 18.2 Å². The van der Waals surface area contributed by atoms with Gasteiger partial charge in [0.1, 0.15) is 11.5 Å². The van der Waals surface area contributed by atoms with Crippen molar-refractivity contribution in [3.8, 4) is 11.5 Å². The molecule has 0 unspecified atom stereocenters. The van der Waals surface area contributed by atoms with Crippen LogP contribution >= 0.6 is 0 Å². The molecule has 0 aromatic heterocycles. The van der Waals surface area contributed by atoms with Crippen LogP contribution in [-0.4, -0.2) is 38.4 Å². The summed E-state index contributed by atoms with van der Waals surface area (Å²) in [7, 11) is 0. The molecule has 6 heteroatoms. The monoisotopic (exact) mass is 338 g/mol. The average molecular weight is 338 g/mol. The van der Waals surface area contributed by atoms with Crippen molar-refractivity contribution >= 4 is 11.9 Å². The van der Waals surface area contributed by atoms with Crippen LogP contribution in [0.4, 0.5) is 0 Å². The molecule has 134 valence electrons. The van der Waals surface area contributed by atoms with E-state index in [9.17, 15) is 9.59 Å². The van der Waals surface area contributed by atoms with Crippen molar-refractivity contribution in [2.45, 2.75) is 34.1 Å². The van der Waals surface area contributed by atoms with Crippen molar-refractivity contribution in [3.63, 3.8) is 0 Å². The van der Waals surface area contributed by atoms with Crippen molar-refractivity contribution in [2.75, 3.05) is 26.4 Å². The summed E-state index contributed by atoms with van der Waals surface area (Å²) in [6.45, 7) is 8.54. The van der Waals surface area contributed by atoms with Gasteiger partial charge in [0.15, 0.2) is 5.92 Å². The van der Waals surface area contributed by atoms with Gasteiger partial charge in [-0.3, -0.25) is 9.59 Å². The molecule has 1 rings (SSSR count). The number of ether oxygens (including phenoxy) is 4. The summed E-state index contributed by atoms with van der Waals surface area (Å²) in [6.07, 6.45) is 0.133. The third kappa shape index (κ3) is 5.76. The van der Waals surface area contributed by atoms with Crippen molar-refractivity contribution in [3.05, 3.63) is 23.8 Å². The minimum atomic E-state index is -1.03. The van der Waals surface area contributed by atoms with Crippen molar-refractivity contribution in [2.24, 2.45) is 5.92 Å². The van der Waals surface area contributed by atoms with Gasteiger partial charge in [-0.05, 0) is 51.5 Å². The van der Waals surface area contributed by atoms with Gasteiger partial charge in [0.25, 0.3) is 0 Å². The van der Waals surface area contributed by atoms with Gasteiger partial charge in [-0.25, -0.2) is 0 Å². The Morgan fingerprint density at radius 2 is 1.46 bits per heavy atom. The van der Waals surface area contributed by atoms with Gasteiger partial charge >= 0.3 is 11.9 Å². The predicted octanol–water partition coefficient (Wildman–Crippen LogP) is 2.77. The van der Waals surface area contributed by atoms with Crippen molar-refractivity contribution < 1.29 is 28.5 Å². The lowest BCUT2D eigenvalue weighted by Gasteiger charge is -2.17. The van der Waals surface area contributed by atoms with E-state index in [0.717, 1.165) is 0 Å². The quantitative estimate of drug-likeness (QED) is 0.482. The molecule has 0 aliphatic rings. The summed E-state index contributed by atoms with van der Waals surface area (Å²) in [5, 5.41) is 0. The highest BCUT2D eigenvalue weighted by atomic mass is 16.6. The third-order valence-electron chi connectivity index (χ3n) is 3.21. The number of rotatable bonds is 10. The Labute approximate surface area is 143 Å². The smallest absolute Gasteiger partial charge is 0.320 e. The zero-order valence-electron chi connectivity index (χ0n) is 14.8. The number of carbonyl (C=O) groups excluding carboxylic acids is 2. The summed E-state index contributed by atoms with van der Waals surface area (Å²) in [5.41, 5.74) is 0.703. The maximum absolute atomic E-state index is 12.1. The highest BCUT2D eigenvalue weighted by Crippen LogP contribution is 2.28. The van der Waals surface area contributed by atoms with E-state index in [-0.39, 0.29) is 19.6 Å². The van der Waals surface area contributed by atoms with Crippen LogP contribution in [0.1, 0.15) is 33.3 Å². The zero-order chi connectivity index (χ0) is 17.9. The van der Waals surface area contributed by atoms with Crippen LogP contribution in [0.2, 0.25) is 0 Å². The molecule has 0 fully saturated rings. The summed E-state index contributed by atoms with van der Waals surface area (Å²) < 4.78 is 21.1. The summed E-state index contributed by atoms with van der Waals surface area (Å²) >= 11 is 0. The van der Waals surface area contributed by atoms with Gasteiger partial charge in [-0.2, -0.15) is 0 Å². The van der Waals surface area contributed by atoms with Crippen LogP contribution in [-0.2, 0) is 25.5 Å². The molecule has 6 nitrogen and oxygen atoms in total. The second-order valence-corrected chi connectivity index (χ2v) is 4.90. The maximum atomic E-state index is 12.1. The van der Waals surface area contributed by atoms with Gasteiger partial charge < -0.3 is 18.9 Å². The fourth-order valence-corrected chi connectivity index (χ4v) is 2.24. The Kier molecular flexibility index (Phi) is 8.68. The first-order valence-electron chi connectivity index (χ1n) is 8.29. The highest BCUT2D eigenvalue weighted by molar-refractivity contribution is 5.95. The zero-order valence-corrected chi connectivity index (χ0v) is 14.8. The second-order valence-electron chi connectivity index (χ2n) is 4.90. The van der Waals surface area contributed by atoms with Gasteiger partial charge in [0, 0.05) is 6.42 Å². The largest absolute Gasteiger partial charge is 0.494 e. The lowest BCUT2D eigenvalue weighted by molar-refractivity contribution is -0.161. The standard InChI is InChI=1S/C18H26O6/c1-5-21-14-9-10-16(22-6-2)13(11-14)12-15(17(19)23-7-3)18(20)24-8-4/h9-11,15H,5-8,12H2,1-4H3. The normalized spacial score (nSPS) is 10.4. The predicted molar refractivity (Wildman–Crippen MR) is 89.2 cm³/mol. The van der Waals surface area contributed by atoms with Gasteiger partial charge in [0.05, 0.1) is 26.4 Å². The molecule has 0 aliphatic carbocycles. The lowest BCUT2D eigenvalue weighted by Crippen LogP contribution is -2.30. The van der Waals surface area contributed by atoms with Crippen LogP contribution < -0.4 is 9.47 Å². The molecule has 0 saturated carbocycles. The first-order valence-corrected chi connectivity index (χ1v) is 8.29. The highest BCUT2D eigenvalue weighted by Gasteiger charge is 2.31. The molecule has 0 spiro atoms. The minimum Gasteiger partial charge on any atom is -0.494 e. The average Bonchev–Trinajstić information content (AvgIpc) is 2.55. The Morgan fingerprint density at radius 3 is 1.96 bits per heavy atom.